The van der Waals surface area contributed by atoms with Crippen LogP contribution in [-0.2, 0) is 4.79 Å². The van der Waals surface area contributed by atoms with Gasteiger partial charge in [0.1, 0.15) is 5.88 Å². The third-order valence-corrected chi connectivity index (χ3v) is 2.78. The van der Waals surface area contributed by atoms with E-state index in [1.165, 1.54) is 0 Å². The van der Waals surface area contributed by atoms with Gasteiger partial charge in [0.05, 0.1) is 0 Å². The molecule has 1 unspecified atom stereocenters. The average Bonchev–Trinajstić information content (AvgIpc) is 2.11. The fourth-order valence-corrected chi connectivity index (χ4v) is 1.59. The number of nitrogens with zero attached hydrogens (tertiary/aromatic N) is 1. The van der Waals surface area contributed by atoms with Crippen molar-refractivity contribution in [3.8, 4) is 0 Å². The summed E-state index contributed by atoms with van der Waals surface area (Å²) >= 11 is 7.22. The van der Waals surface area contributed by atoms with Gasteiger partial charge in [-0.25, -0.2) is 0 Å². The number of thioether (sulfide) groups is 1. The summed E-state index contributed by atoms with van der Waals surface area (Å²) in [4.78, 5) is 12.8. The monoisotopic (exact) mass is 209 g/mol. The number of rotatable bonds is 5. The summed E-state index contributed by atoms with van der Waals surface area (Å²) < 4.78 is 0. The minimum Gasteiger partial charge on any atom is -0.342 e. The maximum atomic E-state index is 11.1. The molecule has 0 aliphatic heterocycles. The Bertz CT molecular complexity index is 143. The molecule has 12 heavy (non-hydrogen) atoms. The summed E-state index contributed by atoms with van der Waals surface area (Å²) in [5.41, 5.74) is 0. The van der Waals surface area contributed by atoms with Crippen LogP contribution in [0.3, 0.4) is 0 Å². The summed E-state index contributed by atoms with van der Waals surface area (Å²) in [5.74, 6) is 1.17. The van der Waals surface area contributed by atoms with E-state index in [0.29, 0.717) is 6.04 Å². The molecule has 0 radical (unpaired) electrons. The number of hydrogen-bond donors (Lipinski definition) is 0. The van der Waals surface area contributed by atoms with Gasteiger partial charge in [0.2, 0.25) is 5.91 Å². The summed E-state index contributed by atoms with van der Waals surface area (Å²) in [7, 11) is 1.80. The van der Waals surface area contributed by atoms with Crippen LogP contribution in [0.5, 0.6) is 0 Å². The highest BCUT2D eigenvalue weighted by atomic mass is 35.5. The molecule has 0 aliphatic carbocycles. The molecule has 0 saturated carbocycles. The van der Waals surface area contributed by atoms with Gasteiger partial charge < -0.3 is 4.90 Å². The Balaban J connectivity index is 3.75. The second-order valence-electron chi connectivity index (χ2n) is 2.77. The Morgan fingerprint density at radius 3 is 2.67 bits per heavy atom. The minimum atomic E-state index is 0.00488. The van der Waals surface area contributed by atoms with Crippen LogP contribution in [0.15, 0.2) is 0 Å². The lowest BCUT2D eigenvalue weighted by molar-refractivity contribution is -0.128. The zero-order valence-corrected chi connectivity index (χ0v) is 9.41. The molecule has 1 amide bonds. The van der Waals surface area contributed by atoms with Gasteiger partial charge in [0, 0.05) is 13.1 Å². The smallest absolute Gasteiger partial charge is 0.237 e. The third kappa shape index (κ3) is 4.21. The highest BCUT2D eigenvalue weighted by molar-refractivity contribution is 7.98. The highest BCUT2D eigenvalue weighted by Gasteiger charge is 2.13. The van der Waals surface area contributed by atoms with Crippen molar-refractivity contribution in [2.24, 2.45) is 0 Å². The summed E-state index contributed by atoms with van der Waals surface area (Å²) in [6, 6.07) is 0.295. The van der Waals surface area contributed by atoms with E-state index in [1.807, 2.05) is 6.92 Å². The molecule has 2 nitrogen and oxygen atoms in total. The van der Waals surface area contributed by atoms with E-state index in [1.54, 1.807) is 23.7 Å². The van der Waals surface area contributed by atoms with Gasteiger partial charge in [0.25, 0.3) is 0 Å². The number of alkyl halides is 1. The van der Waals surface area contributed by atoms with E-state index in [9.17, 15) is 4.79 Å². The standard InChI is InChI=1S/C8H16ClNOS/c1-7(4-5-12-3)10(2)8(11)6-9/h7H,4-6H2,1-3H3. The van der Waals surface area contributed by atoms with Crippen LogP contribution in [-0.4, -0.2) is 41.8 Å². The molecule has 72 valence electrons. The zero-order valence-electron chi connectivity index (χ0n) is 7.84. The molecular weight excluding hydrogens is 194 g/mol. The third-order valence-electron chi connectivity index (χ3n) is 1.91. The lowest BCUT2D eigenvalue weighted by atomic mass is 10.2. The van der Waals surface area contributed by atoms with Crippen molar-refractivity contribution in [2.45, 2.75) is 19.4 Å². The predicted molar refractivity (Wildman–Crippen MR) is 56.0 cm³/mol. The number of halogens is 1. The quantitative estimate of drug-likeness (QED) is 0.644. The molecule has 0 aromatic rings. The van der Waals surface area contributed by atoms with Gasteiger partial charge in [0.15, 0.2) is 0 Å². The topological polar surface area (TPSA) is 20.3 Å². The second kappa shape index (κ2) is 6.61. The average molecular weight is 210 g/mol. The predicted octanol–water partition coefficient (Wildman–Crippen LogP) is 1.83. The van der Waals surface area contributed by atoms with Crippen molar-refractivity contribution in [3.63, 3.8) is 0 Å². The van der Waals surface area contributed by atoms with Gasteiger partial charge >= 0.3 is 0 Å². The van der Waals surface area contributed by atoms with E-state index in [2.05, 4.69) is 6.26 Å². The Kier molecular flexibility index (Phi) is 6.67. The van der Waals surface area contributed by atoms with Gasteiger partial charge in [-0.2, -0.15) is 11.8 Å². The first kappa shape index (κ1) is 12.1. The molecule has 1 atom stereocenters. The van der Waals surface area contributed by atoms with Crippen molar-refractivity contribution in [3.05, 3.63) is 0 Å². The fourth-order valence-electron chi connectivity index (χ4n) is 0.822. The molecule has 0 saturated heterocycles. The maximum absolute atomic E-state index is 11.1. The summed E-state index contributed by atoms with van der Waals surface area (Å²) in [6.07, 6.45) is 3.09. The molecule has 0 aromatic heterocycles. The van der Waals surface area contributed by atoms with Gasteiger partial charge in [-0.05, 0) is 25.4 Å². The first-order valence-electron chi connectivity index (χ1n) is 3.94. The van der Waals surface area contributed by atoms with Crippen molar-refractivity contribution < 1.29 is 4.79 Å². The Labute approximate surface area is 83.6 Å². The summed E-state index contributed by atoms with van der Waals surface area (Å²) in [6.45, 7) is 2.04. The van der Waals surface area contributed by atoms with Crippen molar-refractivity contribution in [1.29, 1.82) is 0 Å². The van der Waals surface area contributed by atoms with Crippen molar-refractivity contribution in [2.75, 3.05) is 24.9 Å². The molecule has 0 aromatic carbocycles. The number of amides is 1. The van der Waals surface area contributed by atoms with Crippen LogP contribution in [0.1, 0.15) is 13.3 Å². The Hall–Kier alpha value is 0.110. The largest absolute Gasteiger partial charge is 0.342 e. The molecule has 0 aliphatic rings. The zero-order chi connectivity index (χ0) is 9.56. The molecule has 0 rings (SSSR count). The molecule has 0 heterocycles. The Morgan fingerprint density at radius 1 is 1.67 bits per heavy atom. The highest BCUT2D eigenvalue weighted by Crippen LogP contribution is 2.06. The first-order valence-corrected chi connectivity index (χ1v) is 5.86. The lowest BCUT2D eigenvalue weighted by Crippen LogP contribution is -2.36. The first-order chi connectivity index (χ1) is 5.63. The van der Waals surface area contributed by atoms with E-state index < -0.39 is 0 Å². The minimum absolute atomic E-state index is 0.00488. The van der Waals surface area contributed by atoms with Gasteiger partial charge in [-0.3, -0.25) is 4.79 Å². The van der Waals surface area contributed by atoms with Crippen LogP contribution in [0, 0.1) is 0 Å². The summed E-state index contributed by atoms with van der Waals surface area (Å²) in [5, 5.41) is 0. The SMILES string of the molecule is CSCCC(C)N(C)C(=O)CCl. The van der Waals surface area contributed by atoms with Gasteiger partial charge in [-0.15, -0.1) is 11.6 Å². The number of carbonyl (C=O) groups excluding carboxylic acids is 1. The lowest BCUT2D eigenvalue weighted by Gasteiger charge is -2.23. The van der Waals surface area contributed by atoms with Crippen LogP contribution < -0.4 is 0 Å². The number of hydrogen-bond acceptors (Lipinski definition) is 2. The van der Waals surface area contributed by atoms with Gasteiger partial charge in [-0.1, -0.05) is 0 Å². The van der Waals surface area contributed by atoms with E-state index in [-0.39, 0.29) is 11.8 Å². The van der Waals surface area contributed by atoms with Crippen LogP contribution in [0.4, 0.5) is 0 Å². The molecule has 0 fully saturated rings. The van der Waals surface area contributed by atoms with Crippen LogP contribution in [0.2, 0.25) is 0 Å². The normalized spacial score (nSPS) is 12.7. The van der Waals surface area contributed by atoms with Crippen molar-refractivity contribution in [1.82, 2.24) is 4.90 Å². The second-order valence-corrected chi connectivity index (χ2v) is 4.02. The molecule has 0 spiro atoms. The molecule has 0 bridgehead atoms. The number of carbonyl (C=O) groups is 1. The molecule has 4 heteroatoms. The maximum Gasteiger partial charge on any atom is 0.237 e. The van der Waals surface area contributed by atoms with Crippen molar-refractivity contribution >= 4 is 29.3 Å². The fraction of sp³-hybridized carbons (Fsp3) is 0.875. The Morgan fingerprint density at radius 2 is 2.25 bits per heavy atom. The molecular formula is C8H16ClNOS. The van der Waals surface area contributed by atoms with E-state index >= 15 is 0 Å². The van der Waals surface area contributed by atoms with Crippen LogP contribution >= 0.6 is 23.4 Å². The van der Waals surface area contributed by atoms with E-state index in [0.717, 1.165) is 12.2 Å². The molecule has 0 N–H and O–H groups in total. The van der Waals surface area contributed by atoms with E-state index in [4.69, 9.17) is 11.6 Å². The van der Waals surface area contributed by atoms with Crippen LogP contribution in [0.25, 0.3) is 0 Å².